The number of rotatable bonds is 8. The summed E-state index contributed by atoms with van der Waals surface area (Å²) in [5, 5.41) is 14.2. The molecule has 4 nitrogen and oxygen atoms in total. The van der Waals surface area contributed by atoms with Crippen molar-refractivity contribution in [1.29, 1.82) is 0 Å². The van der Waals surface area contributed by atoms with Crippen LogP contribution in [0.25, 0.3) is 10.8 Å². The van der Waals surface area contributed by atoms with Crippen molar-refractivity contribution in [2.45, 2.75) is 32.1 Å². The fourth-order valence-electron chi connectivity index (χ4n) is 2.27. The summed E-state index contributed by atoms with van der Waals surface area (Å²) in [6, 6.07) is 8.08. The van der Waals surface area contributed by atoms with Gasteiger partial charge in [0.25, 0.3) is 0 Å². The molecule has 1 heterocycles. The predicted octanol–water partition coefficient (Wildman–Crippen LogP) is 4.44. The van der Waals surface area contributed by atoms with Gasteiger partial charge in [-0.2, -0.15) is 0 Å². The summed E-state index contributed by atoms with van der Waals surface area (Å²) in [7, 11) is 0. The first-order valence-corrected chi connectivity index (χ1v) is 7.96. The van der Waals surface area contributed by atoms with Crippen LogP contribution in [0.5, 0.6) is 0 Å². The van der Waals surface area contributed by atoms with Crippen LogP contribution in [0.3, 0.4) is 0 Å². The van der Waals surface area contributed by atoms with E-state index in [0.717, 1.165) is 53.3 Å². The Hall–Kier alpha value is -1.62. The second kappa shape index (κ2) is 7.98. The summed E-state index contributed by atoms with van der Waals surface area (Å²) >= 11 is 3.55. The van der Waals surface area contributed by atoms with E-state index in [1.807, 2.05) is 24.4 Å². The van der Waals surface area contributed by atoms with Crippen LogP contribution in [-0.2, 0) is 4.79 Å². The molecule has 0 saturated carbocycles. The molecule has 1 aromatic carbocycles. The third-order valence-electron chi connectivity index (χ3n) is 3.36. The number of unbranched alkanes of at least 4 members (excludes halogenated alkanes) is 3. The second-order valence-electron chi connectivity index (χ2n) is 4.98. The molecular weight excluding hydrogens is 332 g/mol. The van der Waals surface area contributed by atoms with Crippen molar-refractivity contribution >= 4 is 38.5 Å². The monoisotopic (exact) mass is 350 g/mol. The third-order valence-corrected chi connectivity index (χ3v) is 4.05. The van der Waals surface area contributed by atoms with Crippen LogP contribution in [0.1, 0.15) is 32.1 Å². The molecule has 0 spiro atoms. The second-order valence-corrected chi connectivity index (χ2v) is 5.83. The maximum absolute atomic E-state index is 10.4. The Morgan fingerprint density at radius 3 is 2.76 bits per heavy atom. The minimum absolute atomic E-state index is 0.270. The Balaban J connectivity index is 1.81. The molecule has 0 unspecified atom stereocenters. The van der Waals surface area contributed by atoms with E-state index >= 15 is 0 Å². The first kappa shape index (κ1) is 15.8. The molecule has 112 valence electrons. The largest absolute Gasteiger partial charge is 0.481 e. The van der Waals surface area contributed by atoms with Gasteiger partial charge in [-0.15, -0.1) is 0 Å². The highest BCUT2D eigenvalue weighted by atomic mass is 79.9. The van der Waals surface area contributed by atoms with Crippen molar-refractivity contribution in [3.8, 4) is 0 Å². The quantitative estimate of drug-likeness (QED) is 0.690. The normalized spacial score (nSPS) is 10.7. The number of nitrogens with one attached hydrogen (secondary N) is 1. The minimum atomic E-state index is -0.710. The first-order chi connectivity index (χ1) is 10.2. The van der Waals surface area contributed by atoms with Gasteiger partial charge >= 0.3 is 5.97 Å². The molecule has 0 aliphatic heterocycles. The highest BCUT2D eigenvalue weighted by molar-refractivity contribution is 9.10. The van der Waals surface area contributed by atoms with Crippen molar-refractivity contribution in [2.75, 3.05) is 11.9 Å². The zero-order valence-corrected chi connectivity index (χ0v) is 13.4. The fourth-order valence-corrected chi connectivity index (χ4v) is 2.77. The Bertz CT molecular complexity index is 616. The average Bonchev–Trinajstić information content (AvgIpc) is 2.47. The third kappa shape index (κ3) is 4.70. The molecule has 2 N–H and O–H groups in total. The number of fused-ring (bicyclic) bond motifs is 1. The first-order valence-electron chi connectivity index (χ1n) is 7.17. The number of carbonyl (C=O) groups is 1. The van der Waals surface area contributed by atoms with Gasteiger partial charge in [0.05, 0.1) is 0 Å². The molecular formula is C16H19BrN2O2. The molecule has 1 aromatic heterocycles. The van der Waals surface area contributed by atoms with Gasteiger partial charge < -0.3 is 10.4 Å². The Kier molecular flexibility index (Phi) is 5.99. The van der Waals surface area contributed by atoms with Crippen molar-refractivity contribution in [3.05, 3.63) is 34.9 Å². The van der Waals surface area contributed by atoms with Crippen LogP contribution in [0.4, 0.5) is 5.82 Å². The average molecular weight is 351 g/mol. The molecule has 2 rings (SSSR count). The van der Waals surface area contributed by atoms with E-state index in [4.69, 9.17) is 5.11 Å². The number of anilines is 1. The lowest BCUT2D eigenvalue weighted by Gasteiger charge is -2.09. The van der Waals surface area contributed by atoms with Crippen LogP contribution in [0.15, 0.2) is 34.9 Å². The molecule has 0 atom stereocenters. The molecule has 0 fully saturated rings. The van der Waals surface area contributed by atoms with Crippen LogP contribution < -0.4 is 5.32 Å². The van der Waals surface area contributed by atoms with E-state index in [1.54, 1.807) is 0 Å². The van der Waals surface area contributed by atoms with Gasteiger partial charge in [-0.05, 0) is 25.0 Å². The lowest BCUT2D eigenvalue weighted by Crippen LogP contribution is -2.04. The van der Waals surface area contributed by atoms with E-state index in [1.165, 1.54) is 0 Å². The van der Waals surface area contributed by atoms with Crippen LogP contribution in [0.2, 0.25) is 0 Å². The molecule has 21 heavy (non-hydrogen) atoms. The number of carboxylic acid groups (broad SMARTS) is 1. The summed E-state index contributed by atoms with van der Waals surface area (Å²) < 4.78 is 1.07. The number of pyridine rings is 1. The molecule has 2 aromatic rings. The van der Waals surface area contributed by atoms with Gasteiger partial charge in [0.1, 0.15) is 5.82 Å². The lowest BCUT2D eigenvalue weighted by molar-refractivity contribution is -0.137. The maximum Gasteiger partial charge on any atom is 0.303 e. The number of hydrogen-bond acceptors (Lipinski definition) is 3. The summed E-state index contributed by atoms with van der Waals surface area (Å²) in [5.74, 6) is 0.193. The van der Waals surface area contributed by atoms with E-state index in [-0.39, 0.29) is 6.42 Å². The standard InChI is InChI=1S/C16H19BrN2O2/c17-14-7-5-6-13-12(14)9-11-19-16(13)18-10-4-2-1-3-8-15(20)21/h5-7,9,11H,1-4,8,10H2,(H,18,19)(H,20,21). The summed E-state index contributed by atoms with van der Waals surface area (Å²) in [4.78, 5) is 14.8. The van der Waals surface area contributed by atoms with Gasteiger partial charge in [0.2, 0.25) is 0 Å². The Morgan fingerprint density at radius 1 is 1.14 bits per heavy atom. The number of aromatic nitrogens is 1. The number of aliphatic carboxylic acids is 1. The number of nitrogens with zero attached hydrogens (tertiary/aromatic N) is 1. The van der Waals surface area contributed by atoms with E-state index in [9.17, 15) is 4.79 Å². The summed E-state index contributed by atoms with van der Waals surface area (Å²) in [5.41, 5.74) is 0. The van der Waals surface area contributed by atoms with Crippen molar-refractivity contribution < 1.29 is 9.90 Å². The SMILES string of the molecule is O=C(O)CCCCCCNc1nccc2c(Br)cccc12. The molecule has 0 aliphatic rings. The number of hydrogen-bond donors (Lipinski definition) is 2. The molecule has 0 amide bonds. The van der Waals surface area contributed by atoms with Gasteiger partial charge in [-0.1, -0.05) is 40.9 Å². The van der Waals surface area contributed by atoms with E-state index in [0.29, 0.717) is 0 Å². The summed E-state index contributed by atoms with van der Waals surface area (Å²) in [6.07, 6.45) is 5.85. The van der Waals surface area contributed by atoms with Gasteiger partial charge in [-0.3, -0.25) is 4.79 Å². The highest BCUT2D eigenvalue weighted by Crippen LogP contribution is 2.27. The van der Waals surface area contributed by atoms with Gasteiger partial charge in [0.15, 0.2) is 0 Å². The van der Waals surface area contributed by atoms with E-state index in [2.05, 4.69) is 32.3 Å². The molecule has 0 aliphatic carbocycles. The molecule has 5 heteroatoms. The Labute approximate surface area is 132 Å². The smallest absolute Gasteiger partial charge is 0.303 e. The molecule has 0 saturated heterocycles. The zero-order valence-electron chi connectivity index (χ0n) is 11.8. The van der Waals surface area contributed by atoms with Crippen molar-refractivity contribution in [2.24, 2.45) is 0 Å². The lowest BCUT2D eigenvalue weighted by atomic mass is 10.1. The molecule has 0 bridgehead atoms. The predicted molar refractivity (Wildman–Crippen MR) is 88.7 cm³/mol. The van der Waals surface area contributed by atoms with Crippen molar-refractivity contribution in [3.63, 3.8) is 0 Å². The maximum atomic E-state index is 10.4. The van der Waals surface area contributed by atoms with Crippen molar-refractivity contribution in [1.82, 2.24) is 4.98 Å². The van der Waals surface area contributed by atoms with Crippen LogP contribution >= 0.6 is 15.9 Å². The minimum Gasteiger partial charge on any atom is -0.481 e. The fraction of sp³-hybridized carbons (Fsp3) is 0.375. The highest BCUT2D eigenvalue weighted by Gasteiger charge is 2.04. The number of benzene rings is 1. The number of carboxylic acids is 1. The van der Waals surface area contributed by atoms with Gasteiger partial charge in [-0.25, -0.2) is 4.98 Å². The summed E-state index contributed by atoms with van der Waals surface area (Å²) in [6.45, 7) is 0.853. The Morgan fingerprint density at radius 2 is 1.95 bits per heavy atom. The van der Waals surface area contributed by atoms with Crippen LogP contribution in [-0.4, -0.2) is 22.6 Å². The van der Waals surface area contributed by atoms with E-state index < -0.39 is 5.97 Å². The van der Waals surface area contributed by atoms with Gasteiger partial charge in [0, 0.05) is 34.4 Å². The zero-order chi connectivity index (χ0) is 15.1. The number of halogens is 1. The molecule has 0 radical (unpaired) electrons. The van der Waals surface area contributed by atoms with Crippen LogP contribution in [0, 0.1) is 0 Å². The topological polar surface area (TPSA) is 62.2 Å².